The number of hydrogen-bond acceptors (Lipinski definition) is 8. The number of rotatable bonds is 8. The first kappa shape index (κ1) is 20.1. The third kappa shape index (κ3) is 6.92. The summed E-state index contributed by atoms with van der Waals surface area (Å²) >= 11 is 1.32. The van der Waals surface area contributed by atoms with Gasteiger partial charge in [0.05, 0.1) is 5.69 Å². The van der Waals surface area contributed by atoms with Crippen molar-refractivity contribution in [1.82, 2.24) is 20.9 Å². The fourth-order valence-electron chi connectivity index (χ4n) is 2.24. The fourth-order valence-corrected chi connectivity index (χ4v) is 3.00. The molecule has 0 atom stereocenters. The quantitative estimate of drug-likeness (QED) is 0.422. The minimum atomic E-state index is -1.62. The van der Waals surface area contributed by atoms with Gasteiger partial charge in [-0.2, -0.15) is 0 Å². The van der Waals surface area contributed by atoms with Crippen LogP contribution in [-0.4, -0.2) is 35.9 Å². The van der Waals surface area contributed by atoms with Crippen molar-refractivity contribution in [3.63, 3.8) is 0 Å². The van der Waals surface area contributed by atoms with E-state index in [9.17, 15) is 24.6 Å². The number of nitrogens with one attached hydrogen (secondary N) is 4. The summed E-state index contributed by atoms with van der Waals surface area (Å²) in [7, 11) is 0. The van der Waals surface area contributed by atoms with E-state index in [0.717, 1.165) is 11.1 Å². The van der Waals surface area contributed by atoms with Crippen molar-refractivity contribution in [2.75, 3.05) is 11.9 Å². The average Bonchev–Trinajstić information content (AvgIpc) is 3.01. The normalized spacial score (nSPS) is 10.4. The van der Waals surface area contributed by atoms with Crippen molar-refractivity contribution < 1.29 is 24.6 Å². The highest BCUT2D eigenvalue weighted by Crippen LogP contribution is 2.25. The Labute approximate surface area is 158 Å². The van der Waals surface area contributed by atoms with Gasteiger partial charge >= 0.3 is 0 Å². The maximum atomic E-state index is 11.1. The van der Waals surface area contributed by atoms with Crippen molar-refractivity contribution in [1.29, 1.82) is 0 Å². The Kier molecular flexibility index (Phi) is 7.08. The first-order valence-corrected chi connectivity index (χ1v) is 8.72. The molecule has 0 aliphatic carbocycles. The second-order valence-electron chi connectivity index (χ2n) is 5.42. The van der Waals surface area contributed by atoms with E-state index < -0.39 is 18.5 Å². The topological polar surface area (TPSA) is 158 Å². The molecule has 0 radical (unpaired) electrons. The maximum absolute atomic E-state index is 11.1. The molecule has 10 nitrogen and oxygen atoms in total. The molecule has 0 aliphatic rings. The number of carboxylic acid groups (broad SMARTS) is 2. The molecule has 1 aromatic carbocycles. The summed E-state index contributed by atoms with van der Waals surface area (Å²) in [6.07, 6.45) is -3.98. The summed E-state index contributed by atoms with van der Waals surface area (Å²) in [6, 6.07) is 7.50. The SMILES string of the molecule is CC(=O)Nc1nc(-c2cccc(CCNC(NC(=O)[O-])NC(=O)[O-])c2)cs1. The molecule has 2 aromatic rings. The average molecular weight is 391 g/mol. The van der Waals surface area contributed by atoms with Gasteiger partial charge in [-0.1, -0.05) is 18.2 Å². The van der Waals surface area contributed by atoms with E-state index >= 15 is 0 Å². The standard InChI is InChI=1S/C16H19N5O5S/c1-9(22)18-14-19-12(8-27-14)11-4-2-3-10(7-11)5-6-17-13(20-15(23)24)21-16(25)26/h2-4,7-8,13,17,20-21H,5-6H2,1H3,(H,23,24)(H,25,26)(H,18,19,22)/p-2. The van der Waals surface area contributed by atoms with Crippen LogP contribution in [0.3, 0.4) is 0 Å². The van der Waals surface area contributed by atoms with Gasteiger partial charge in [-0.3, -0.25) is 10.1 Å². The van der Waals surface area contributed by atoms with Crippen LogP contribution in [0.25, 0.3) is 11.3 Å². The van der Waals surface area contributed by atoms with Crippen molar-refractivity contribution in [3.05, 3.63) is 35.2 Å². The van der Waals surface area contributed by atoms with Gasteiger partial charge in [-0.15, -0.1) is 11.3 Å². The predicted octanol–water partition coefficient (Wildman–Crippen LogP) is -0.950. The molecule has 2 rings (SSSR count). The van der Waals surface area contributed by atoms with Crippen LogP contribution in [0.15, 0.2) is 29.6 Å². The highest BCUT2D eigenvalue weighted by atomic mass is 32.1. The summed E-state index contributed by atoms with van der Waals surface area (Å²) in [5, 5.41) is 32.5. The Bertz CT molecular complexity index is 809. The summed E-state index contributed by atoms with van der Waals surface area (Å²) in [6.45, 7) is 1.69. The van der Waals surface area contributed by atoms with Crippen LogP contribution in [-0.2, 0) is 11.2 Å². The van der Waals surface area contributed by atoms with E-state index in [2.05, 4.69) is 15.6 Å². The molecule has 0 saturated heterocycles. The molecule has 0 aliphatic heterocycles. The van der Waals surface area contributed by atoms with Crippen LogP contribution in [0, 0.1) is 0 Å². The third-order valence-corrected chi connectivity index (χ3v) is 4.05. The van der Waals surface area contributed by atoms with Crippen LogP contribution >= 0.6 is 11.3 Å². The van der Waals surface area contributed by atoms with Crippen LogP contribution in [0.2, 0.25) is 0 Å². The van der Waals surface area contributed by atoms with Crippen LogP contribution in [0.4, 0.5) is 14.7 Å². The summed E-state index contributed by atoms with van der Waals surface area (Å²) < 4.78 is 0. The molecule has 4 N–H and O–H groups in total. The molecular formula is C16H17N5O5S-2. The fraction of sp³-hybridized carbons (Fsp3) is 0.250. The zero-order valence-electron chi connectivity index (χ0n) is 14.3. The zero-order chi connectivity index (χ0) is 19.8. The Hall–Kier alpha value is -3.18. The van der Waals surface area contributed by atoms with Gasteiger partial charge in [0, 0.05) is 24.4 Å². The highest BCUT2D eigenvalue weighted by molar-refractivity contribution is 7.14. The van der Waals surface area contributed by atoms with Gasteiger partial charge in [0.2, 0.25) is 5.91 Å². The molecule has 0 saturated carbocycles. The second kappa shape index (κ2) is 9.50. The Balaban J connectivity index is 1.96. The van der Waals surface area contributed by atoms with Gasteiger partial charge in [0.15, 0.2) is 11.4 Å². The number of anilines is 1. The minimum absolute atomic E-state index is 0.194. The molecule has 0 fully saturated rings. The van der Waals surface area contributed by atoms with Crippen molar-refractivity contribution in [3.8, 4) is 11.3 Å². The van der Waals surface area contributed by atoms with E-state index in [1.807, 2.05) is 40.3 Å². The van der Waals surface area contributed by atoms with Crippen LogP contribution in [0.5, 0.6) is 0 Å². The number of aromatic nitrogens is 1. The molecule has 1 aromatic heterocycles. The lowest BCUT2D eigenvalue weighted by atomic mass is 10.1. The largest absolute Gasteiger partial charge is 0.530 e. The number of thiazole rings is 1. The molecular weight excluding hydrogens is 374 g/mol. The van der Waals surface area contributed by atoms with Gasteiger partial charge < -0.3 is 35.8 Å². The second-order valence-corrected chi connectivity index (χ2v) is 6.28. The van der Waals surface area contributed by atoms with Gasteiger partial charge in [-0.25, -0.2) is 4.98 Å². The van der Waals surface area contributed by atoms with Crippen LogP contribution < -0.4 is 31.5 Å². The van der Waals surface area contributed by atoms with E-state index in [1.54, 1.807) is 0 Å². The Morgan fingerprint density at radius 2 is 1.89 bits per heavy atom. The minimum Gasteiger partial charge on any atom is -0.530 e. The number of carbonyl (C=O) groups is 3. The number of benzene rings is 1. The summed E-state index contributed by atoms with van der Waals surface area (Å²) in [5.41, 5.74) is 2.50. The van der Waals surface area contributed by atoms with E-state index in [4.69, 9.17) is 0 Å². The molecule has 27 heavy (non-hydrogen) atoms. The maximum Gasteiger partial charge on any atom is 0.223 e. The smallest absolute Gasteiger partial charge is 0.223 e. The first-order valence-electron chi connectivity index (χ1n) is 7.84. The predicted molar refractivity (Wildman–Crippen MR) is 94.4 cm³/mol. The Morgan fingerprint density at radius 1 is 1.19 bits per heavy atom. The van der Waals surface area contributed by atoms with Gasteiger partial charge in [0.1, 0.15) is 12.2 Å². The lowest BCUT2D eigenvalue weighted by Crippen LogP contribution is -2.61. The van der Waals surface area contributed by atoms with Crippen molar-refractivity contribution >= 4 is 34.6 Å². The lowest BCUT2D eigenvalue weighted by molar-refractivity contribution is -0.256. The van der Waals surface area contributed by atoms with Crippen LogP contribution in [0.1, 0.15) is 12.5 Å². The Morgan fingerprint density at radius 3 is 2.52 bits per heavy atom. The van der Waals surface area contributed by atoms with Crippen molar-refractivity contribution in [2.24, 2.45) is 0 Å². The van der Waals surface area contributed by atoms with Gasteiger partial charge in [0.25, 0.3) is 0 Å². The molecule has 11 heteroatoms. The van der Waals surface area contributed by atoms with Crippen molar-refractivity contribution in [2.45, 2.75) is 19.6 Å². The molecule has 0 spiro atoms. The monoisotopic (exact) mass is 391 g/mol. The summed E-state index contributed by atoms with van der Waals surface area (Å²) in [5.74, 6) is -0.194. The number of amides is 3. The molecule has 144 valence electrons. The lowest BCUT2D eigenvalue weighted by Gasteiger charge is -2.23. The molecule has 1 heterocycles. The summed E-state index contributed by atoms with van der Waals surface area (Å²) in [4.78, 5) is 36.5. The van der Waals surface area contributed by atoms with E-state index in [-0.39, 0.29) is 12.5 Å². The molecule has 3 amide bonds. The van der Waals surface area contributed by atoms with E-state index in [1.165, 1.54) is 18.3 Å². The highest BCUT2D eigenvalue weighted by Gasteiger charge is 2.08. The van der Waals surface area contributed by atoms with E-state index in [0.29, 0.717) is 17.2 Å². The first-order chi connectivity index (χ1) is 12.8. The number of hydrogen-bond donors (Lipinski definition) is 4. The number of nitrogens with zero attached hydrogens (tertiary/aromatic N) is 1. The number of carbonyl (C=O) groups excluding carboxylic acids is 3. The van der Waals surface area contributed by atoms with Gasteiger partial charge in [-0.05, 0) is 18.1 Å². The molecule has 0 bridgehead atoms. The third-order valence-electron chi connectivity index (χ3n) is 3.30. The molecule has 0 unspecified atom stereocenters. The zero-order valence-corrected chi connectivity index (χ0v) is 15.1.